The van der Waals surface area contributed by atoms with Crippen LogP contribution in [-0.2, 0) is 16.0 Å². The molecule has 2 aromatic rings. The number of carboxylic acids is 1. The van der Waals surface area contributed by atoms with E-state index >= 15 is 0 Å². The number of amides is 1. The maximum Gasteiger partial charge on any atom is 0.306 e. The van der Waals surface area contributed by atoms with Crippen LogP contribution in [0.4, 0.5) is 0 Å². The van der Waals surface area contributed by atoms with Crippen molar-refractivity contribution in [3.8, 4) is 10.6 Å². The van der Waals surface area contributed by atoms with Crippen molar-refractivity contribution in [3.05, 3.63) is 40.9 Å². The lowest BCUT2D eigenvalue weighted by Crippen LogP contribution is -2.47. The minimum Gasteiger partial charge on any atom is -0.481 e. The summed E-state index contributed by atoms with van der Waals surface area (Å²) < 4.78 is 0. The van der Waals surface area contributed by atoms with Gasteiger partial charge in [-0.05, 0) is 19.8 Å². The van der Waals surface area contributed by atoms with Gasteiger partial charge in [0.05, 0.1) is 18.0 Å². The Morgan fingerprint density at radius 3 is 2.65 bits per heavy atom. The molecule has 0 unspecified atom stereocenters. The van der Waals surface area contributed by atoms with E-state index in [1.54, 1.807) is 0 Å². The zero-order valence-corrected chi connectivity index (χ0v) is 13.6. The summed E-state index contributed by atoms with van der Waals surface area (Å²) in [6.07, 6.45) is 1.27. The van der Waals surface area contributed by atoms with Crippen LogP contribution in [0.1, 0.15) is 24.1 Å². The Labute approximate surface area is 138 Å². The van der Waals surface area contributed by atoms with Crippen molar-refractivity contribution in [2.75, 3.05) is 0 Å². The summed E-state index contributed by atoms with van der Waals surface area (Å²) in [5, 5.41) is 14.5. The van der Waals surface area contributed by atoms with Crippen molar-refractivity contribution >= 4 is 23.2 Å². The average molecular weight is 330 g/mol. The minimum atomic E-state index is -0.780. The molecule has 1 fully saturated rings. The molecular weight excluding hydrogens is 312 g/mol. The SMILES string of the molecule is Cc1ccc(-c2nc(CC(=O)NC3CC(C(=O)O)C3)cs2)cc1. The number of nitrogens with zero attached hydrogens (tertiary/aromatic N) is 1. The number of aliphatic carboxylic acids is 1. The Balaban J connectivity index is 1.54. The monoisotopic (exact) mass is 330 g/mol. The lowest BCUT2D eigenvalue weighted by Gasteiger charge is -2.32. The van der Waals surface area contributed by atoms with Gasteiger partial charge in [-0.3, -0.25) is 9.59 Å². The third-order valence-electron chi connectivity index (χ3n) is 4.04. The van der Waals surface area contributed by atoms with Gasteiger partial charge < -0.3 is 10.4 Å². The van der Waals surface area contributed by atoms with Crippen LogP contribution in [0.5, 0.6) is 0 Å². The number of aryl methyl sites for hydroxylation is 1. The molecule has 120 valence electrons. The van der Waals surface area contributed by atoms with Gasteiger partial charge in [-0.1, -0.05) is 29.8 Å². The maximum absolute atomic E-state index is 12.0. The van der Waals surface area contributed by atoms with E-state index < -0.39 is 5.97 Å². The Kier molecular flexibility index (Phi) is 4.43. The van der Waals surface area contributed by atoms with E-state index in [1.165, 1.54) is 16.9 Å². The van der Waals surface area contributed by atoms with Crippen molar-refractivity contribution in [2.45, 2.75) is 32.2 Å². The zero-order valence-electron chi connectivity index (χ0n) is 12.8. The van der Waals surface area contributed by atoms with Crippen molar-refractivity contribution < 1.29 is 14.7 Å². The summed E-state index contributed by atoms with van der Waals surface area (Å²) in [4.78, 5) is 27.2. The molecule has 1 heterocycles. The average Bonchev–Trinajstić information content (AvgIpc) is 2.91. The third kappa shape index (κ3) is 3.76. The topological polar surface area (TPSA) is 79.3 Å². The molecule has 6 heteroatoms. The Morgan fingerprint density at radius 2 is 2.00 bits per heavy atom. The molecule has 3 rings (SSSR count). The van der Waals surface area contributed by atoms with Crippen molar-refractivity contribution in [2.24, 2.45) is 5.92 Å². The standard InChI is InChI=1S/C17H18N2O3S/c1-10-2-4-11(5-3-10)16-19-14(9-23-16)8-15(20)18-13-6-12(7-13)17(21)22/h2-5,9,12-13H,6-8H2,1H3,(H,18,20)(H,21,22). The lowest BCUT2D eigenvalue weighted by molar-refractivity contribution is -0.146. The normalized spacial score (nSPS) is 19.9. The Hall–Kier alpha value is -2.21. The van der Waals surface area contributed by atoms with Gasteiger partial charge in [0.1, 0.15) is 5.01 Å². The number of thiazole rings is 1. The number of rotatable bonds is 5. The van der Waals surface area contributed by atoms with Crippen LogP contribution in [0, 0.1) is 12.8 Å². The number of aromatic nitrogens is 1. The first kappa shape index (κ1) is 15.7. The summed E-state index contributed by atoms with van der Waals surface area (Å²) in [6, 6.07) is 8.12. The van der Waals surface area contributed by atoms with Gasteiger partial charge in [-0.25, -0.2) is 4.98 Å². The van der Waals surface area contributed by atoms with Crippen LogP contribution in [0.25, 0.3) is 10.6 Å². The number of hydrogen-bond acceptors (Lipinski definition) is 4. The molecule has 1 amide bonds. The molecular formula is C17H18N2O3S. The van der Waals surface area contributed by atoms with Gasteiger partial charge >= 0.3 is 5.97 Å². The molecule has 0 spiro atoms. The molecule has 0 radical (unpaired) electrons. The van der Waals surface area contributed by atoms with Crippen LogP contribution in [0.15, 0.2) is 29.6 Å². The molecule has 1 aliphatic carbocycles. The molecule has 1 aromatic heterocycles. The highest BCUT2D eigenvalue weighted by Crippen LogP contribution is 2.28. The van der Waals surface area contributed by atoms with E-state index in [0.29, 0.717) is 12.8 Å². The van der Waals surface area contributed by atoms with Crippen LogP contribution in [-0.4, -0.2) is 28.0 Å². The molecule has 23 heavy (non-hydrogen) atoms. The Morgan fingerprint density at radius 1 is 1.30 bits per heavy atom. The number of carbonyl (C=O) groups is 2. The van der Waals surface area contributed by atoms with E-state index in [-0.39, 0.29) is 24.3 Å². The summed E-state index contributed by atoms with van der Waals surface area (Å²) in [5.41, 5.74) is 3.00. The lowest BCUT2D eigenvalue weighted by atomic mass is 9.80. The second kappa shape index (κ2) is 6.50. The molecule has 0 atom stereocenters. The van der Waals surface area contributed by atoms with Gasteiger partial charge in [0.2, 0.25) is 5.91 Å². The number of carboxylic acid groups (broad SMARTS) is 1. The van der Waals surface area contributed by atoms with Gasteiger partial charge in [0.25, 0.3) is 0 Å². The second-order valence-electron chi connectivity index (χ2n) is 5.96. The van der Waals surface area contributed by atoms with E-state index in [9.17, 15) is 9.59 Å². The molecule has 0 bridgehead atoms. The van der Waals surface area contributed by atoms with Crippen molar-refractivity contribution in [3.63, 3.8) is 0 Å². The predicted molar refractivity (Wildman–Crippen MR) is 88.3 cm³/mol. The maximum atomic E-state index is 12.0. The van der Waals surface area contributed by atoms with Crippen molar-refractivity contribution in [1.29, 1.82) is 0 Å². The van der Waals surface area contributed by atoms with Gasteiger partial charge in [-0.15, -0.1) is 11.3 Å². The summed E-state index contributed by atoms with van der Waals surface area (Å²) in [7, 11) is 0. The fraction of sp³-hybridized carbons (Fsp3) is 0.353. The van der Waals surface area contributed by atoms with Crippen LogP contribution >= 0.6 is 11.3 Å². The second-order valence-corrected chi connectivity index (χ2v) is 6.82. The Bertz CT molecular complexity index is 718. The zero-order chi connectivity index (χ0) is 16.4. The van der Waals surface area contributed by atoms with Crippen LogP contribution in [0.3, 0.4) is 0 Å². The third-order valence-corrected chi connectivity index (χ3v) is 4.98. The van der Waals surface area contributed by atoms with Gasteiger partial charge in [0, 0.05) is 17.0 Å². The minimum absolute atomic E-state index is 0.0150. The number of carbonyl (C=O) groups excluding carboxylic acids is 1. The fourth-order valence-corrected chi connectivity index (χ4v) is 3.42. The summed E-state index contributed by atoms with van der Waals surface area (Å²) >= 11 is 1.52. The summed E-state index contributed by atoms with van der Waals surface area (Å²) in [6.45, 7) is 2.04. The van der Waals surface area contributed by atoms with Gasteiger partial charge in [0.15, 0.2) is 0 Å². The molecule has 0 saturated heterocycles. The van der Waals surface area contributed by atoms with E-state index in [2.05, 4.69) is 10.3 Å². The highest BCUT2D eigenvalue weighted by molar-refractivity contribution is 7.13. The molecule has 1 saturated carbocycles. The van der Waals surface area contributed by atoms with Crippen LogP contribution < -0.4 is 5.32 Å². The van der Waals surface area contributed by atoms with Crippen molar-refractivity contribution in [1.82, 2.24) is 10.3 Å². The fourth-order valence-electron chi connectivity index (χ4n) is 2.60. The van der Waals surface area contributed by atoms with Crippen LogP contribution in [0.2, 0.25) is 0 Å². The first-order chi connectivity index (χ1) is 11.0. The quantitative estimate of drug-likeness (QED) is 0.883. The number of nitrogens with one attached hydrogen (secondary N) is 1. The molecule has 5 nitrogen and oxygen atoms in total. The van der Waals surface area contributed by atoms with E-state index in [4.69, 9.17) is 5.11 Å². The number of benzene rings is 1. The smallest absolute Gasteiger partial charge is 0.306 e. The molecule has 1 aromatic carbocycles. The summed E-state index contributed by atoms with van der Waals surface area (Å²) in [5.74, 6) is -1.19. The molecule has 0 aliphatic heterocycles. The molecule has 2 N–H and O–H groups in total. The first-order valence-electron chi connectivity index (χ1n) is 7.55. The predicted octanol–water partition coefficient (Wildman–Crippen LogP) is 2.64. The van der Waals surface area contributed by atoms with E-state index in [1.807, 2.05) is 36.6 Å². The highest BCUT2D eigenvalue weighted by Gasteiger charge is 2.35. The van der Waals surface area contributed by atoms with Gasteiger partial charge in [-0.2, -0.15) is 0 Å². The largest absolute Gasteiger partial charge is 0.481 e. The number of hydrogen-bond donors (Lipinski definition) is 2. The molecule has 1 aliphatic rings. The van der Waals surface area contributed by atoms with E-state index in [0.717, 1.165) is 16.3 Å². The highest BCUT2D eigenvalue weighted by atomic mass is 32.1. The first-order valence-corrected chi connectivity index (χ1v) is 8.43.